The van der Waals surface area contributed by atoms with Crippen molar-refractivity contribution in [2.45, 2.75) is 32.6 Å². The summed E-state index contributed by atoms with van der Waals surface area (Å²) >= 11 is 0. The minimum Gasteiger partial charge on any atom is -0.369 e. The largest absolute Gasteiger partial charge is 0.369 e. The zero-order chi connectivity index (χ0) is 21.6. The van der Waals surface area contributed by atoms with Gasteiger partial charge in [-0.3, -0.25) is 9.69 Å². The van der Waals surface area contributed by atoms with Crippen LogP contribution in [0.2, 0.25) is 0 Å². The molecule has 0 amide bonds. The average Bonchev–Trinajstić information content (AvgIpc) is 2.76. The number of nitrogens with zero attached hydrogens (tertiary/aromatic N) is 2. The van der Waals surface area contributed by atoms with Gasteiger partial charge in [0, 0.05) is 43.9 Å². The third kappa shape index (κ3) is 6.14. The molecule has 0 saturated carbocycles. The molecule has 1 aromatic carbocycles. The number of unbranched alkanes of at least 4 members (excludes halogenated alkanes) is 1. The Hall–Kier alpha value is -1.74. The highest BCUT2D eigenvalue weighted by molar-refractivity contribution is 8.80. The van der Waals surface area contributed by atoms with Gasteiger partial charge in [0.05, 0.1) is 0 Å². The lowest BCUT2D eigenvalue weighted by Crippen LogP contribution is -2.46. The number of Topliss-reactive ketones (excluding diaryl/α,β-unsaturated/α-hetero) is 1. The van der Waals surface area contributed by atoms with Gasteiger partial charge in [0.2, 0.25) is 0 Å². The molecule has 1 fully saturated rings. The number of benzene rings is 1. The molecule has 2 aliphatic rings. The first-order valence-electron chi connectivity index (χ1n) is 10.5. The number of ketones is 1. The summed E-state index contributed by atoms with van der Waals surface area (Å²) in [7, 11) is -4.91. The molecule has 1 aromatic rings. The van der Waals surface area contributed by atoms with E-state index in [1.165, 1.54) is 5.69 Å². The van der Waals surface area contributed by atoms with E-state index in [1.54, 1.807) is 17.6 Å². The Morgan fingerprint density at radius 3 is 2.40 bits per heavy atom. The molecule has 2 aliphatic heterocycles. The van der Waals surface area contributed by atoms with Gasteiger partial charge in [-0.15, -0.1) is 0 Å². The summed E-state index contributed by atoms with van der Waals surface area (Å²) in [6, 6.07) is 10.5. The first-order valence-corrected chi connectivity index (χ1v) is 13.8. The number of allylic oxidation sites excluding steroid dienone is 3. The van der Waals surface area contributed by atoms with Gasteiger partial charge in [-0.05, 0) is 57.7 Å². The molecule has 0 aromatic heterocycles. The average molecular weight is 450 g/mol. The van der Waals surface area contributed by atoms with Crippen molar-refractivity contribution in [2.75, 3.05) is 37.6 Å². The van der Waals surface area contributed by atoms with Gasteiger partial charge in [-0.25, -0.2) is 13.6 Å². The summed E-state index contributed by atoms with van der Waals surface area (Å²) in [4.78, 5) is 18.1. The van der Waals surface area contributed by atoms with Crippen LogP contribution in [0.25, 0.3) is 0 Å². The van der Waals surface area contributed by atoms with Gasteiger partial charge in [0.1, 0.15) is 0 Å². The molecule has 6 nitrogen and oxygen atoms in total. The van der Waals surface area contributed by atoms with E-state index in [2.05, 4.69) is 34.1 Å². The van der Waals surface area contributed by atoms with Gasteiger partial charge < -0.3 is 4.90 Å². The zero-order valence-electron chi connectivity index (χ0n) is 17.5. The second kappa shape index (κ2) is 10.5. The monoisotopic (exact) mass is 449 g/mol. The maximum Gasteiger partial charge on any atom is 0.260 e. The number of nitrogens with two attached hydrogens (primary N) is 1. The SMILES string of the molecule is CCC1=S(S(N)(=O)=O)C=C(C(=O)CCCCN2CCN(c3ccccc3)CC2)C=C1. The number of hydrogen-bond acceptors (Lipinski definition) is 5. The fourth-order valence-electron chi connectivity index (χ4n) is 3.75. The number of anilines is 1. The topological polar surface area (TPSA) is 83.7 Å². The molecule has 2 N–H and O–H groups in total. The van der Waals surface area contributed by atoms with Crippen LogP contribution in [0.15, 0.2) is 53.5 Å². The van der Waals surface area contributed by atoms with Crippen molar-refractivity contribution < 1.29 is 13.2 Å². The highest BCUT2D eigenvalue weighted by Crippen LogP contribution is 2.31. The number of piperazine rings is 1. The fraction of sp³-hybridized carbons (Fsp3) is 0.455. The smallest absolute Gasteiger partial charge is 0.260 e. The van der Waals surface area contributed by atoms with Crippen LogP contribution in [0.1, 0.15) is 32.6 Å². The fourth-order valence-corrected chi connectivity index (χ4v) is 7.39. The zero-order valence-corrected chi connectivity index (χ0v) is 19.1. The van der Waals surface area contributed by atoms with Crippen molar-refractivity contribution in [1.82, 2.24) is 4.90 Å². The second-order valence-electron chi connectivity index (χ2n) is 7.56. The molecule has 164 valence electrons. The van der Waals surface area contributed by atoms with Crippen molar-refractivity contribution in [1.29, 1.82) is 0 Å². The Bertz CT molecular complexity index is 945. The van der Waals surface area contributed by atoms with Crippen LogP contribution in [0, 0.1) is 0 Å². The molecule has 0 aliphatic carbocycles. The van der Waals surface area contributed by atoms with Gasteiger partial charge >= 0.3 is 0 Å². The number of hydrogen-bond donors (Lipinski definition) is 1. The minimum absolute atomic E-state index is 0.00329. The molecule has 1 saturated heterocycles. The summed E-state index contributed by atoms with van der Waals surface area (Å²) in [5.41, 5.74) is 1.75. The van der Waals surface area contributed by atoms with E-state index in [0.717, 1.165) is 50.4 Å². The number of rotatable bonds is 9. The minimum atomic E-state index is -3.72. The van der Waals surface area contributed by atoms with Gasteiger partial charge in [-0.2, -0.15) is 0 Å². The van der Waals surface area contributed by atoms with Crippen LogP contribution < -0.4 is 10.0 Å². The summed E-state index contributed by atoms with van der Waals surface area (Å²) in [6.45, 7) is 6.98. The van der Waals surface area contributed by atoms with Gasteiger partial charge in [0.25, 0.3) is 9.06 Å². The van der Waals surface area contributed by atoms with Crippen LogP contribution >= 0.6 is 9.52 Å². The van der Waals surface area contributed by atoms with Crippen molar-refractivity contribution in [3.63, 3.8) is 0 Å². The Morgan fingerprint density at radius 1 is 1.07 bits per heavy atom. The quantitative estimate of drug-likeness (QED) is 0.356. The molecule has 30 heavy (non-hydrogen) atoms. The molecule has 3 rings (SSSR count). The Labute approximate surface area is 181 Å². The lowest BCUT2D eigenvalue weighted by Gasteiger charge is -2.36. The first kappa shape index (κ1) is 22.9. The Balaban J connectivity index is 1.42. The third-order valence-corrected chi connectivity index (χ3v) is 9.83. The molecule has 1 atom stereocenters. The summed E-state index contributed by atoms with van der Waals surface area (Å²) in [5.74, 6) is -0.00329. The molecular formula is C22H31N3O3S2. The molecule has 0 bridgehead atoms. The molecule has 2 heterocycles. The Morgan fingerprint density at radius 2 is 1.77 bits per heavy atom. The number of para-hydroxylation sites is 1. The van der Waals surface area contributed by atoms with Crippen LogP contribution in [0.3, 0.4) is 0 Å². The molecule has 0 radical (unpaired) electrons. The maximum absolute atomic E-state index is 12.5. The summed E-state index contributed by atoms with van der Waals surface area (Å²) in [5, 5.41) is 6.90. The number of carbonyl (C=O) groups is 1. The van der Waals surface area contributed by atoms with Gasteiger partial charge in [0.15, 0.2) is 5.78 Å². The standard InChI is InChI=1S/C22H31N3O3S2/c1-2-21-12-11-19(18-29(21)30(23,27)28)22(26)10-6-7-13-24-14-16-25(17-15-24)20-8-4-3-5-9-20/h3-5,8-9,11-12,18H,2,6-7,10,13-17H2,1H3,(H2,23,27,28). The van der Waals surface area contributed by atoms with E-state index < -0.39 is 18.6 Å². The molecule has 8 heteroatoms. The van der Waals surface area contributed by atoms with E-state index in [9.17, 15) is 13.2 Å². The van der Waals surface area contributed by atoms with Crippen LogP contribution in [0.4, 0.5) is 5.69 Å². The van der Waals surface area contributed by atoms with E-state index in [1.807, 2.05) is 13.0 Å². The highest BCUT2D eigenvalue weighted by Gasteiger charge is 2.19. The van der Waals surface area contributed by atoms with Crippen molar-refractivity contribution >= 4 is 34.9 Å². The number of carbonyl (C=O) groups excluding carboxylic acids is 1. The molecule has 1 unspecified atom stereocenters. The predicted molar refractivity (Wildman–Crippen MR) is 127 cm³/mol. The summed E-state index contributed by atoms with van der Waals surface area (Å²) < 4.78 is 23.7. The maximum atomic E-state index is 12.5. The van der Waals surface area contributed by atoms with Crippen LogP contribution in [-0.4, -0.2) is 56.7 Å². The van der Waals surface area contributed by atoms with E-state index in [0.29, 0.717) is 18.4 Å². The van der Waals surface area contributed by atoms with E-state index in [-0.39, 0.29) is 5.78 Å². The van der Waals surface area contributed by atoms with Crippen LogP contribution in [-0.2, 0) is 13.8 Å². The molecular weight excluding hydrogens is 418 g/mol. The summed E-state index contributed by atoms with van der Waals surface area (Å²) in [6.07, 6.45) is 6.28. The van der Waals surface area contributed by atoms with Crippen LogP contribution in [0.5, 0.6) is 0 Å². The normalized spacial score (nSPS) is 20.3. The lowest BCUT2D eigenvalue weighted by atomic mass is 10.1. The van der Waals surface area contributed by atoms with Crippen molar-refractivity contribution in [3.8, 4) is 0 Å². The van der Waals surface area contributed by atoms with E-state index >= 15 is 0 Å². The van der Waals surface area contributed by atoms with Crippen molar-refractivity contribution in [3.05, 3.63) is 53.5 Å². The predicted octanol–water partition coefficient (Wildman–Crippen LogP) is 3.06. The lowest BCUT2D eigenvalue weighted by molar-refractivity contribution is -0.115. The third-order valence-electron chi connectivity index (χ3n) is 5.48. The Kier molecular flexibility index (Phi) is 8.05. The second-order valence-corrected chi connectivity index (χ2v) is 12.4. The molecule has 0 spiro atoms. The van der Waals surface area contributed by atoms with Gasteiger partial charge in [-0.1, -0.05) is 37.3 Å². The highest BCUT2D eigenvalue weighted by atomic mass is 33.2. The van der Waals surface area contributed by atoms with Crippen molar-refractivity contribution in [2.24, 2.45) is 5.14 Å². The first-order chi connectivity index (χ1) is 14.4. The van der Waals surface area contributed by atoms with E-state index in [4.69, 9.17) is 5.14 Å².